The van der Waals surface area contributed by atoms with Crippen molar-refractivity contribution in [1.29, 1.82) is 0 Å². The van der Waals surface area contributed by atoms with E-state index in [0.717, 1.165) is 23.3 Å². The number of fused-ring (bicyclic) bond motifs is 5. The van der Waals surface area contributed by atoms with Gasteiger partial charge in [0.05, 0.1) is 5.56 Å². The summed E-state index contributed by atoms with van der Waals surface area (Å²) in [6.45, 7) is 3.83. The molecule has 1 aromatic heterocycles. The number of carbonyl (C=O) groups is 6. The van der Waals surface area contributed by atoms with Crippen molar-refractivity contribution in [3.05, 3.63) is 95.3 Å². The van der Waals surface area contributed by atoms with Crippen molar-refractivity contribution in [1.82, 2.24) is 36.1 Å². The Balaban J connectivity index is 1.25. The lowest BCUT2D eigenvalue weighted by molar-refractivity contribution is -0.144. The third-order valence-corrected chi connectivity index (χ3v) is 11.9. The Hall–Kier alpha value is -6.88. The summed E-state index contributed by atoms with van der Waals surface area (Å²) in [6, 6.07) is 11.3. The summed E-state index contributed by atoms with van der Waals surface area (Å²) in [5.74, 6) is -4.73. The lowest BCUT2D eigenvalue weighted by Gasteiger charge is -2.32. The zero-order valence-electron chi connectivity index (χ0n) is 38.6. The number of hydrogen-bond donors (Lipinski definition) is 8. The molecule has 0 unspecified atom stereocenters. The summed E-state index contributed by atoms with van der Waals surface area (Å²) < 4.78 is 0. The summed E-state index contributed by atoms with van der Waals surface area (Å²) in [4.78, 5) is 90.3. The predicted molar refractivity (Wildman–Crippen MR) is 253 cm³/mol. The molecule has 3 aromatic carbocycles. The molecule has 0 aliphatic carbocycles. The molecule has 0 fully saturated rings. The molecule has 4 aromatic rings. The van der Waals surface area contributed by atoms with Crippen LogP contribution >= 0.6 is 0 Å². The highest BCUT2D eigenvalue weighted by molar-refractivity contribution is 5.96. The summed E-state index contributed by atoms with van der Waals surface area (Å²) >= 11 is 0. The van der Waals surface area contributed by atoms with Crippen molar-refractivity contribution in [3.8, 4) is 34.0 Å². The Kier molecular flexibility index (Phi) is 19.2. The Morgan fingerprint density at radius 2 is 1.49 bits per heavy atom. The van der Waals surface area contributed by atoms with E-state index in [1.54, 1.807) is 0 Å². The van der Waals surface area contributed by atoms with E-state index in [2.05, 4.69) is 50.3 Å². The van der Waals surface area contributed by atoms with E-state index in [1.807, 2.05) is 12.1 Å². The number of unbranched alkanes of at least 4 members (excludes halogenated alkanes) is 7. The van der Waals surface area contributed by atoms with Gasteiger partial charge in [-0.2, -0.15) is 0 Å². The number of carboxylic acids is 1. The van der Waals surface area contributed by atoms with E-state index in [9.17, 15) is 44.1 Å². The van der Waals surface area contributed by atoms with E-state index in [0.29, 0.717) is 30.8 Å². The van der Waals surface area contributed by atoms with Crippen LogP contribution in [0.2, 0.25) is 0 Å². The van der Waals surface area contributed by atoms with Gasteiger partial charge in [0.2, 0.25) is 23.6 Å². The molecule has 0 saturated heterocycles. The van der Waals surface area contributed by atoms with Crippen LogP contribution in [0.1, 0.15) is 118 Å². The molecular weight excluding hydrogens is 857 g/mol. The molecule has 5 amide bonds. The number of aromatic hydroxyl groups is 2. The number of phenolic OH excluding ortho intramolecular Hbond substituents is 2. The van der Waals surface area contributed by atoms with Gasteiger partial charge in [0.15, 0.2) is 5.82 Å². The van der Waals surface area contributed by atoms with Crippen molar-refractivity contribution in [2.75, 3.05) is 20.1 Å². The molecule has 1 aliphatic rings. The number of amides is 5. The summed E-state index contributed by atoms with van der Waals surface area (Å²) in [5.41, 5.74) is 8.85. The average Bonchev–Trinajstić information content (AvgIpc) is 3.31. The third-order valence-electron chi connectivity index (χ3n) is 11.9. The topological polar surface area (TPSA) is 266 Å². The first kappa shape index (κ1) is 51.1. The van der Waals surface area contributed by atoms with Gasteiger partial charge in [-0.15, -0.1) is 0 Å². The molecule has 358 valence electrons. The summed E-state index contributed by atoms with van der Waals surface area (Å²) in [6.07, 6.45) is 13.4. The minimum atomic E-state index is -1.45. The first-order chi connectivity index (χ1) is 32.2. The van der Waals surface area contributed by atoms with Crippen LogP contribution in [0.25, 0.3) is 22.5 Å². The molecule has 5 rings (SSSR count). The molecule has 0 spiro atoms. The number of likely N-dealkylation sites (N-methyl/N-ethyl adjacent to an activating group) is 1. The molecular formula is C50H64N8O9. The fourth-order valence-corrected chi connectivity index (χ4v) is 7.99. The van der Waals surface area contributed by atoms with E-state index in [-0.39, 0.29) is 59.6 Å². The number of nitrogens with one attached hydrogen (secondary N) is 4. The second-order valence-corrected chi connectivity index (χ2v) is 17.1. The van der Waals surface area contributed by atoms with Crippen LogP contribution in [0.15, 0.2) is 73.1 Å². The third kappa shape index (κ3) is 14.6. The molecule has 0 radical (unpaired) electrons. The summed E-state index contributed by atoms with van der Waals surface area (Å²) in [5, 5.41) is 42.2. The summed E-state index contributed by atoms with van der Waals surface area (Å²) in [7, 11) is 1.36. The molecule has 17 heteroatoms. The van der Waals surface area contributed by atoms with Gasteiger partial charge in [-0.25, -0.2) is 14.8 Å². The van der Waals surface area contributed by atoms with Crippen LogP contribution in [0, 0.1) is 0 Å². The highest BCUT2D eigenvalue weighted by atomic mass is 16.4. The van der Waals surface area contributed by atoms with Gasteiger partial charge in [0.1, 0.15) is 35.7 Å². The van der Waals surface area contributed by atoms with Crippen molar-refractivity contribution in [2.45, 2.75) is 121 Å². The number of aromatic nitrogens is 2. The zero-order chi connectivity index (χ0) is 48.5. The highest BCUT2D eigenvalue weighted by Crippen LogP contribution is 2.39. The number of rotatable bonds is 21. The van der Waals surface area contributed by atoms with Gasteiger partial charge in [-0.05, 0) is 86.5 Å². The predicted octanol–water partition coefficient (Wildman–Crippen LogP) is 5.08. The lowest BCUT2D eigenvalue weighted by Crippen LogP contribution is -2.54. The van der Waals surface area contributed by atoms with Crippen molar-refractivity contribution >= 4 is 35.5 Å². The van der Waals surface area contributed by atoms with Gasteiger partial charge >= 0.3 is 5.97 Å². The number of benzene rings is 3. The van der Waals surface area contributed by atoms with E-state index < -0.39 is 59.7 Å². The fraction of sp³-hybridized carbons (Fsp3) is 0.440. The molecule has 0 saturated carbocycles. The van der Waals surface area contributed by atoms with Gasteiger partial charge < -0.3 is 47.2 Å². The minimum absolute atomic E-state index is 0.0791. The minimum Gasteiger partial charge on any atom is -0.507 e. The molecule has 9 N–H and O–H groups in total. The Bertz CT molecular complexity index is 2340. The van der Waals surface area contributed by atoms with Crippen LogP contribution in [0.4, 0.5) is 0 Å². The number of carbonyl (C=O) groups excluding carboxylic acids is 5. The normalized spacial score (nSPS) is 16.4. The second kappa shape index (κ2) is 25.1. The van der Waals surface area contributed by atoms with Gasteiger partial charge in [-0.3, -0.25) is 24.0 Å². The number of carboxylic acid groups (broad SMARTS) is 1. The van der Waals surface area contributed by atoms with Gasteiger partial charge in [0, 0.05) is 55.5 Å². The SMILES string of the molecule is CCCCCCCCCc1ccc(-c2ncc(C(=O)NCCC(=O)N[C@@H](CCCCN)C(=O)N(C)[C@@H]3C(=O)N[C@@H](C)C(=O)N[C@H](C(=O)O)Cc4ccc(O)c(c4)-c4cc3ccc4O)cn2)cc1. The van der Waals surface area contributed by atoms with Crippen LogP contribution < -0.4 is 27.0 Å². The number of hydrogen-bond acceptors (Lipinski definition) is 11. The van der Waals surface area contributed by atoms with Crippen LogP contribution in [-0.4, -0.2) is 104 Å². The van der Waals surface area contributed by atoms with Crippen molar-refractivity contribution in [3.63, 3.8) is 0 Å². The van der Waals surface area contributed by atoms with Crippen molar-refractivity contribution in [2.24, 2.45) is 5.73 Å². The maximum absolute atomic E-state index is 14.4. The molecule has 17 nitrogen and oxygen atoms in total. The lowest BCUT2D eigenvalue weighted by atomic mass is 9.93. The van der Waals surface area contributed by atoms with Crippen LogP contribution in [-0.2, 0) is 36.8 Å². The molecule has 1 aliphatic heterocycles. The van der Waals surface area contributed by atoms with Crippen LogP contribution in [0.3, 0.4) is 0 Å². The monoisotopic (exact) mass is 920 g/mol. The standard InChI is InChI=1S/C50H64N8O9/c1-4-5-6-7-8-9-10-13-32-15-18-34(19-16-32)45-53-29-36(30-54-45)47(63)52-25-23-43(61)56-39(14-11-12-24-51)49(65)58(3)44-35-20-22-42(60)38(28-35)37-26-33(17-21-41(37)59)27-40(50(66)67)57-46(62)31(2)55-48(44)64/h15-22,26,28-31,39-40,44,59-60H,4-14,23-25,27,51H2,1-3H3,(H,52,63)(H,55,64)(H,56,61)(H,57,62)(H,66,67)/t31-,39-,40-,44-/m0/s1. The Morgan fingerprint density at radius 3 is 2.16 bits per heavy atom. The highest BCUT2D eigenvalue weighted by Gasteiger charge is 2.36. The number of nitrogens with two attached hydrogens (primary N) is 1. The Labute approximate surface area is 391 Å². The average molecular weight is 921 g/mol. The van der Waals surface area contributed by atoms with Gasteiger partial charge in [0.25, 0.3) is 5.91 Å². The fourth-order valence-electron chi connectivity index (χ4n) is 7.99. The molecule has 4 atom stereocenters. The number of aliphatic carboxylic acids is 1. The second-order valence-electron chi connectivity index (χ2n) is 17.1. The molecule has 67 heavy (non-hydrogen) atoms. The van der Waals surface area contributed by atoms with E-state index in [1.165, 1.54) is 107 Å². The molecule has 2 heterocycles. The number of phenols is 2. The number of aryl methyl sites for hydroxylation is 1. The maximum atomic E-state index is 14.4. The van der Waals surface area contributed by atoms with E-state index in [4.69, 9.17) is 5.73 Å². The first-order valence-electron chi connectivity index (χ1n) is 23.1. The van der Waals surface area contributed by atoms with Crippen LogP contribution in [0.5, 0.6) is 11.5 Å². The Morgan fingerprint density at radius 1 is 0.836 bits per heavy atom. The van der Waals surface area contributed by atoms with E-state index >= 15 is 0 Å². The smallest absolute Gasteiger partial charge is 0.326 e. The van der Waals surface area contributed by atoms with Crippen molar-refractivity contribution < 1.29 is 44.1 Å². The zero-order valence-corrected chi connectivity index (χ0v) is 38.6. The van der Waals surface area contributed by atoms with Gasteiger partial charge in [-0.1, -0.05) is 81.8 Å². The first-order valence-corrected chi connectivity index (χ1v) is 23.1. The quantitative estimate of drug-likeness (QED) is 0.0509. The maximum Gasteiger partial charge on any atom is 0.326 e. The largest absolute Gasteiger partial charge is 0.507 e. The number of nitrogens with zero attached hydrogens (tertiary/aromatic N) is 3. The molecule has 4 bridgehead atoms.